The lowest BCUT2D eigenvalue weighted by Crippen LogP contribution is -2.32. The molecule has 6 nitrogen and oxygen atoms in total. The summed E-state index contributed by atoms with van der Waals surface area (Å²) in [4.78, 5) is 25.0. The highest BCUT2D eigenvalue weighted by atomic mass is 32.1. The molecule has 2 N–H and O–H groups in total. The highest BCUT2D eigenvalue weighted by molar-refractivity contribution is 7.14. The summed E-state index contributed by atoms with van der Waals surface area (Å²) in [6.45, 7) is 0.987. The van der Waals surface area contributed by atoms with Crippen molar-refractivity contribution in [2.75, 3.05) is 19.8 Å². The molecule has 0 radical (unpaired) electrons. The maximum Gasteiger partial charge on any atom is 0.407 e. The van der Waals surface area contributed by atoms with Gasteiger partial charge in [-0.2, -0.15) is 0 Å². The molecule has 0 saturated carbocycles. The van der Waals surface area contributed by atoms with Crippen LogP contribution in [-0.4, -0.2) is 36.9 Å². The molecular weight excluding hydrogens is 414 g/mol. The molecule has 2 aliphatic rings. The second-order valence-corrected chi connectivity index (χ2v) is 8.75. The maximum atomic E-state index is 12.4. The third-order valence-corrected chi connectivity index (χ3v) is 7.02. The first-order chi connectivity index (χ1) is 15.1. The number of carbonyl (C=O) groups is 2. The number of amides is 1. The van der Waals surface area contributed by atoms with E-state index in [1.54, 1.807) is 6.07 Å². The Morgan fingerprint density at radius 1 is 1.06 bits per heavy atom. The Morgan fingerprint density at radius 3 is 2.42 bits per heavy atom. The Labute approximate surface area is 183 Å². The second-order valence-electron chi connectivity index (χ2n) is 7.61. The van der Waals surface area contributed by atoms with Gasteiger partial charge in [0.05, 0.1) is 13.2 Å². The first-order valence-corrected chi connectivity index (χ1v) is 11.0. The fourth-order valence-electron chi connectivity index (χ4n) is 4.39. The van der Waals surface area contributed by atoms with Gasteiger partial charge in [-0.15, -0.1) is 11.3 Å². The molecule has 1 aromatic heterocycles. The average Bonchev–Trinajstić information content (AvgIpc) is 3.36. The van der Waals surface area contributed by atoms with E-state index >= 15 is 0 Å². The summed E-state index contributed by atoms with van der Waals surface area (Å²) in [5.41, 5.74) is 5.53. The van der Waals surface area contributed by atoms with Crippen molar-refractivity contribution >= 4 is 23.4 Å². The Kier molecular flexibility index (Phi) is 5.21. The molecule has 3 aromatic rings. The molecule has 1 unspecified atom stereocenters. The number of carbonyl (C=O) groups excluding carboxylic acids is 1. The molecule has 1 atom stereocenters. The van der Waals surface area contributed by atoms with Gasteiger partial charge in [0.15, 0.2) is 0 Å². The Hall–Kier alpha value is -3.16. The predicted octanol–water partition coefficient (Wildman–Crippen LogP) is 4.60. The number of carboxylic acid groups (broad SMARTS) is 1. The third-order valence-electron chi connectivity index (χ3n) is 5.82. The zero-order chi connectivity index (χ0) is 21.4. The molecule has 0 saturated heterocycles. The van der Waals surface area contributed by atoms with Crippen LogP contribution in [-0.2, 0) is 15.9 Å². The Morgan fingerprint density at radius 2 is 1.74 bits per heavy atom. The molecule has 7 heteroatoms. The summed E-state index contributed by atoms with van der Waals surface area (Å²) < 4.78 is 11.3. The van der Waals surface area contributed by atoms with E-state index in [1.807, 2.05) is 24.3 Å². The number of alkyl carbamates (subject to hydrolysis) is 1. The van der Waals surface area contributed by atoms with Crippen molar-refractivity contribution in [2.24, 2.45) is 0 Å². The lowest BCUT2D eigenvalue weighted by molar-refractivity contribution is 0.0421. The zero-order valence-electron chi connectivity index (χ0n) is 16.7. The Balaban J connectivity index is 1.23. The smallest absolute Gasteiger partial charge is 0.407 e. The van der Waals surface area contributed by atoms with Gasteiger partial charge >= 0.3 is 12.1 Å². The minimum absolute atomic E-state index is 0.00526. The largest absolute Gasteiger partial charge is 0.477 e. The van der Waals surface area contributed by atoms with E-state index in [-0.39, 0.29) is 25.2 Å². The van der Waals surface area contributed by atoms with Gasteiger partial charge in [-0.05, 0) is 33.9 Å². The number of thiophene rings is 1. The van der Waals surface area contributed by atoms with Crippen LogP contribution in [0.25, 0.3) is 11.1 Å². The van der Waals surface area contributed by atoms with Crippen LogP contribution in [0.3, 0.4) is 0 Å². The zero-order valence-corrected chi connectivity index (χ0v) is 17.5. The van der Waals surface area contributed by atoms with Crippen LogP contribution in [0.15, 0.2) is 54.6 Å². The minimum Gasteiger partial charge on any atom is -0.477 e. The van der Waals surface area contributed by atoms with Gasteiger partial charge in [0.2, 0.25) is 0 Å². The van der Waals surface area contributed by atoms with E-state index in [1.165, 1.54) is 22.5 Å². The highest BCUT2D eigenvalue weighted by Crippen LogP contribution is 2.44. The van der Waals surface area contributed by atoms with Crippen molar-refractivity contribution < 1.29 is 24.2 Å². The van der Waals surface area contributed by atoms with Crippen molar-refractivity contribution in [3.05, 3.63) is 81.0 Å². The molecule has 158 valence electrons. The molecule has 1 aliphatic heterocycles. The van der Waals surface area contributed by atoms with Crippen molar-refractivity contribution in [3.8, 4) is 11.1 Å². The number of fused-ring (bicyclic) bond motifs is 4. The van der Waals surface area contributed by atoms with E-state index in [2.05, 4.69) is 29.6 Å². The molecule has 0 bridgehead atoms. The fourth-order valence-corrected chi connectivity index (χ4v) is 5.43. The van der Waals surface area contributed by atoms with Crippen LogP contribution in [0.1, 0.15) is 43.3 Å². The highest BCUT2D eigenvalue weighted by Gasteiger charge is 2.30. The summed E-state index contributed by atoms with van der Waals surface area (Å²) in [5.74, 6) is -0.937. The SMILES string of the molecule is O=C(NCC1OCCc2sc(C(=O)O)cc21)OCC1c2ccccc2-c2ccccc21. The average molecular weight is 436 g/mol. The maximum absolute atomic E-state index is 12.4. The Bertz CT molecular complexity index is 1110. The van der Waals surface area contributed by atoms with Gasteiger partial charge in [-0.1, -0.05) is 48.5 Å². The van der Waals surface area contributed by atoms with E-state index in [4.69, 9.17) is 9.47 Å². The third kappa shape index (κ3) is 3.71. The first kappa shape index (κ1) is 19.8. The molecule has 1 aliphatic carbocycles. The predicted molar refractivity (Wildman–Crippen MR) is 117 cm³/mol. The van der Waals surface area contributed by atoms with Crippen molar-refractivity contribution in [2.45, 2.75) is 18.4 Å². The molecule has 5 rings (SSSR count). The standard InChI is InChI=1S/C24H21NO5S/c26-23(27)22-11-18-20(29-10-9-21(18)31-22)12-25-24(28)30-13-19-16-7-3-1-5-14(16)15-6-2-4-8-17(15)19/h1-8,11,19-20H,9-10,12-13H2,(H,25,28)(H,26,27). The van der Waals surface area contributed by atoms with E-state index in [0.717, 1.165) is 21.6 Å². The summed E-state index contributed by atoms with van der Waals surface area (Å²) in [6, 6.07) is 18.0. The number of nitrogens with one attached hydrogen (secondary N) is 1. The molecule has 0 fully saturated rings. The quantitative estimate of drug-likeness (QED) is 0.612. The molecule has 2 aromatic carbocycles. The van der Waals surface area contributed by atoms with E-state index < -0.39 is 12.1 Å². The van der Waals surface area contributed by atoms with Crippen LogP contribution in [0.2, 0.25) is 0 Å². The van der Waals surface area contributed by atoms with Crippen LogP contribution in [0.5, 0.6) is 0 Å². The minimum atomic E-state index is -0.942. The number of rotatable bonds is 5. The van der Waals surface area contributed by atoms with Crippen LogP contribution < -0.4 is 5.32 Å². The van der Waals surface area contributed by atoms with Crippen molar-refractivity contribution in [1.29, 1.82) is 0 Å². The van der Waals surface area contributed by atoms with Gasteiger partial charge in [0.1, 0.15) is 17.6 Å². The van der Waals surface area contributed by atoms with Gasteiger partial charge in [0, 0.05) is 17.2 Å². The topological polar surface area (TPSA) is 84.9 Å². The van der Waals surface area contributed by atoms with Crippen LogP contribution >= 0.6 is 11.3 Å². The number of hydrogen-bond donors (Lipinski definition) is 2. The summed E-state index contributed by atoms with van der Waals surface area (Å²) in [7, 11) is 0. The molecule has 0 spiro atoms. The van der Waals surface area contributed by atoms with Gasteiger partial charge in [-0.3, -0.25) is 0 Å². The lowest BCUT2D eigenvalue weighted by atomic mass is 9.98. The normalized spacial score (nSPS) is 16.8. The molecule has 31 heavy (non-hydrogen) atoms. The monoisotopic (exact) mass is 435 g/mol. The van der Waals surface area contributed by atoms with Gasteiger partial charge < -0.3 is 19.9 Å². The van der Waals surface area contributed by atoms with Crippen LogP contribution in [0.4, 0.5) is 4.79 Å². The van der Waals surface area contributed by atoms with Crippen molar-refractivity contribution in [1.82, 2.24) is 5.32 Å². The second kappa shape index (κ2) is 8.17. The number of ether oxygens (including phenoxy) is 2. The first-order valence-electron chi connectivity index (χ1n) is 10.2. The number of benzene rings is 2. The van der Waals surface area contributed by atoms with Crippen LogP contribution in [0, 0.1) is 0 Å². The van der Waals surface area contributed by atoms with Gasteiger partial charge in [-0.25, -0.2) is 9.59 Å². The summed E-state index contributed by atoms with van der Waals surface area (Å²) >= 11 is 1.27. The molecule has 2 heterocycles. The lowest BCUT2D eigenvalue weighted by Gasteiger charge is -2.23. The van der Waals surface area contributed by atoms with E-state index in [9.17, 15) is 14.7 Å². The van der Waals surface area contributed by atoms with Crippen molar-refractivity contribution in [3.63, 3.8) is 0 Å². The van der Waals surface area contributed by atoms with Gasteiger partial charge in [0.25, 0.3) is 0 Å². The fraction of sp³-hybridized carbons (Fsp3) is 0.250. The summed E-state index contributed by atoms with van der Waals surface area (Å²) in [5, 5.41) is 12.0. The number of carboxylic acids is 1. The molecule has 1 amide bonds. The van der Waals surface area contributed by atoms with E-state index in [0.29, 0.717) is 17.9 Å². The molecular formula is C24H21NO5S. The number of hydrogen-bond acceptors (Lipinski definition) is 5. The summed E-state index contributed by atoms with van der Waals surface area (Å²) in [6.07, 6.45) is -0.186. The number of aromatic carboxylic acids is 1.